The lowest BCUT2D eigenvalue weighted by Crippen LogP contribution is -2.14. The maximum atomic E-state index is 9.37. The number of phenolic OH excluding ortho intramolecular Hbond substituents is 1. The second kappa shape index (κ2) is 5.70. The van der Waals surface area contributed by atoms with Crippen molar-refractivity contribution in [2.75, 3.05) is 13.7 Å². The van der Waals surface area contributed by atoms with Gasteiger partial charge < -0.3 is 20.7 Å². The van der Waals surface area contributed by atoms with Crippen LogP contribution in [0, 0.1) is 0 Å². The molecule has 0 aromatic heterocycles. The molecule has 1 atom stereocenters. The minimum Gasteiger partial charge on any atom is -0.504 e. The molecule has 5 heteroatoms. The predicted octanol–water partition coefficient (Wildman–Crippen LogP) is 0.815. The molecule has 1 aromatic carbocycles. The van der Waals surface area contributed by atoms with Crippen LogP contribution < -0.4 is 10.5 Å². The highest BCUT2D eigenvalue weighted by atomic mass is 35.5. The highest BCUT2D eigenvalue weighted by Gasteiger charge is 2.07. The first-order valence-electron chi connectivity index (χ1n) is 3.92. The number of aromatic hydroxyl groups is 1. The van der Waals surface area contributed by atoms with Gasteiger partial charge in [0, 0.05) is 0 Å². The van der Waals surface area contributed by atoms with E-state index < -0.39 is 6.04 Å². The molecule has 0 fully saturated rings. The quantitative estimate of drug-likeness (QED) is 0.704. The fourth-order valence-corrected chi connectivity index (χ4v) is 1.04. The molecule has 0 amide bonds. The number of hydrogen-bond donors (Lipinski definition) is 3. The lowest BCUT2D eigenvalue weighted by Gasteiger charge is -2.10. The fraction of sp³-hybridized carbons (Fsp3) is 0.333. The third-order valence-corrected chi connectivity index (χ3v) is 1.83. The molecule has 0 aliphatic rings. The van der Waals surface area contributed by atoms with Crippen molar-refractivity contribution in [3.63, 3.8) is 0 Å². The Morgan fingerprint density at radius 1 is 1.50 bits per heavy atom. The van der Waals surface area contributed by atoms with Crippen molar-refractivity contribution < 1.29 is 14.9 Å². The van der Waals surface area contributed by atoms with Crippen LogP contribution in [0.3, 0.4) is 0 Å². The molecule has 0 radical (unpaired) electrons. The largest absolute Gasteiger partial charge is 0.504 e. The van der Waals surface area contributed by atoms with E-state index in [0.29, 0.717) is 11.3 Å². The first-order valence-corrected chi connectivity index (χ1v) is 3.92. The van der Waals surface area contributed by atoms with Crippen molar-refractivity contribution in [3.8, 4) is 11.5 Å². The van der Waals surface area contributed by atoms with Gasteiger partial charge in [-0.3, -0.25) is 0 Å². The van der Waals surface area contributed by atoms with Crippen molar-refractivity contribution >= 4 is 12.4 Å². The molecule has 0 aliphatic heterocycles. The Bertz CT molecular complexity index is 293. The van der Waals surface area contributed by atoms with Gasteiger partial charge in [-0.05, 0) is 17.7 Å². The third kappa shape index (κ3) is 2.77. The second-order valence-electron chi connectivity index (χ2n) is 2.72. The summed E-state index contributed by atoms with van der Waals surface area (Å²) in [6.45, 7) is -0.147. The maximum absolute atomic E-state index is 9.37. The Morgan fingerprint density at radius 3 is 2.57 bits per heavy atom. The van der Waals surface area contributed by atoms with E-state index in [9.17, 15) is 5.11 Å². The molecule has 1 rings (SSSR count). The van der Waals surface area contributed by atoms with Gasteiger partial charge in [0.15, 0.2) is 11.5 Å². The van der Waals surface area contributed by atoms with E-state index in [4.69, 9.17) is 15.6 Å². The van der Waals surface area contributed by atoms with E-state index in [0.717, 1.165) is 0 Å². The van der Waals surface area contributed by atoms with Gasteiger partial charge in [0.2, 0.25) is 0 Å². The molecule has 4 N–H and O–H groups in total. The summed E-state index contributed by atoms with van der Waals surface area (Å²) in [6, 6.07) is 4.34. The third-order valence-electron chi connectivity index (χ3n) is 1.83. The van der Waals surface area contributed by atoms with Gasteiger partial charge in [0.25, 0.3) is 0 Å². The molecule has 0 spiro atoms. The standard InChI is InChI=1S/C9H13NO3.ClH/c1-13-9-3-2-6(4-8(9)12)7(10)5-11;/h2-4,7,11-12H,5,10H2,1H3;1H/t7-;/m0./s1. The average Bonchev–Trinajstić information content (AvgIpc) is 2.16. The Labute approximate surface area is 88.7 Å². The summed E-state index contributed by atoms with van der Waals surface area (Å²) in [6.07, 6.45) is 0. The van der Waals surface area contributed by atoms with Crippen molar-refractivity contribution in [1.29, 1.82) is 0 Å². The Kier molecular flexibility index (Phi) is 5.30. The first kappa shape index (κ1) is 13.0. The van der Waals surface area contributed by atoms with Gasteiger partial charge in [0.05, 0.1) is 19.8 Å². The lowest BCUT2D eigenvalue weighted by molar-refractivity contribution is 0.267. The van der Waals surface area contributed by atoms with Gasteiger partial charge in [-0.1, -0.05) is 6.07 Å². The van der Waals surface area contributed by atoms with E-state index in [2.05, 4.69) is 0 Å². The number of nitrogens with two attached hydrogens (primary N) is 1. The highest BCUT2D eigenvalue weighted by molar-refractivity contribution is 5.85. The van der Waals surface area contributed by atoms with E-state index in [1.165, 1.54) is 13.2 Å². The van der Waals surface area contributed by atoms with E-state index in [1.54, 1.807) is 12.1 Å². The summed E-state index contributed by atoms with van der Waals surface area (Å²) >= 11 is 0. The molecular weight excluding hydrogens is 206 g/mol. The van der Waals surface area contributed by atoms with Gasteiger partial charge >= 0.3 is 0 Å². The number of methoxy groups -OCH3 is 1. The molecule has 0 saturated heterocycles. The first-order chi connectivity index (χ1) is 6.19. The predicted molar refractivity (Wildman–Crippen MR) is 55.9 cm³/mol. The van der Waals surface area contributed by atoms with Crippen LogP contribution in [0.25, 0.3) is 0 Å². The normalized spacial score (nSPS) is 11.6. The number of phenols is 1. The van der Waals surface area contributed by atoms with Crippen LogP contribution in [0.5, 0.6) is 11.5 Å². The van der Waals surface area contributed by atoms with Crippen molar-refractivity contribution in [3.05, 3.63) is 23.8 Å². The summed E-state index contributed by atoms with van der Waals surface area (Å²) < 4.78 is 4.86. The van der Waals surface area contributed by atoms with E-state index in [-0.39, 0.29) is 24.8 Å². The molecule has 80 valence electrons. The zero-order valence-electron chi connectivity index (χ0n) is 7.80. The molecule has 0 aliphatic carbocycles. The summed E-state index contributed by atoms with van der Waals surface area (Å²) in [7, 11) is 1.47. The number of benzene rings is 1. The molecule has 0 saturated carbocycles. The molecule has 1 aromatic rings. The van der Waals surface area contributed by atoms with Crippen molar-refractivity contribution in [1.82, 2.24) is 0 Å². The molecule has 0 heterocycles. The maximum Gasteiger partial charge on any atom is 0.160 e. The SMILES string of the molecule is COc1ccc([C@@H](N)CO)cc1O.Cl. The minimum atomic E-state index is -0.461. The Balaban J connectivity index is 0.00000169. The summed E-state index contributed by atoms with van der Waals surface area (Å²) in [5.41, 5.74) is 6.23. The Morgan fingerprint density at radius 2 is 2.14 bits per heavy atom. The van der Waals surface area contributed by atoms with Crippen LogP contribution in [0.1, 0.15) is 11.6 Å². The zero-order chi connectivity index (χ0) is 9.84. The van der Waals surface area contributed by atoms with Crippen LogP contribution in [-0.2, 0) is 0 Å². The van der Waals surface area contributed by atoms with E-state index in [1.807, 2.05) is 0 Å². The monoisotopic (exact) mass is 219 g/mol. The van der Waals surface area contributed by atoms with Crippen LogP contribution in [-0.4, -0.2) is 23.9 Å². The topological polar surface area (TPSA) is 75.7 Å². The molecule has 4 nitrogen and oxygen atoms in total. The van der Waals surface area contributed by atoms with Gasteiger partial charge in [-0.15, -0.1) is 12.4 Å². The van der Waals surface area contributed by atoms with Gasteiger partial charge in [0.1, 0.15) is 0 Å². The zero-order valence-corrected chi connectivity index (χ0v) is 8.62. The Hall–Kier alpha value is -0.970. The van der Waals surface area contributed by atoms with Crippen LogP contribution in [0.4, 0.5) is 0 Å². The summed E-state index contributed by atoms with van der Waals surface area (Å²) in [5, 5.41) is 18.1. The van der Waals surface area contributed by atoms with Crippen LogP contribution in [0.2, 0.25) is 0 Å². The number of rotatable bonds is 3. The molecular formula is C9H14ClNO3. The number of halogens is 1. The average molecular weight is 220 g/mol. The number of ether oxygens (including phenoxy) is 1. The van der Waals surface area contributed by atoms with Crippen molar-refractivity contribution in [2.45, 2.75) is 6.04 Å². The smallest absolute Gasteiger partial charge is 0.160 e. The van der Waals surface area contributed by atoms with Crippen LogP contribution >= 0.6 is 12.4 Å². The number of hydrogen-bond acceptors (Lipinski definition) is 4. The molecule has 0 unspecified atom stereocenters. The van der Waals surface area contributed by atoms with Gasteiger partial charge in [-0.2, -0.15) is 0 Å². The minimum absolute atomic E-state index is 0. The lowest BCUT2D eigenvalue weighted by atomic mass is 10.1. The van der Waals surface area contributed by atoms with Gasteiger partial charge in [-0.25, -0.2) is 0 Å². The number of aliphatic hydroxyl groups excluding tert-OH is 1. The van der Waals surface area contributed by atoms with Crippen molar-refractivity contribution in [2.24, 2.45) is 5.73 Å². The highest BCUT2D eigenvalue weighted by Crippen LogP contribution is 2.27. The fourth-order valence-electron chi connectivity index (χ4n) is 1.04. The summed E-state index contributed by atoms with van der Waals surface area (Å²) in [5.74, 6) is 0.429. The van der Waals surface area contributed by atoms with Crippen LogP contribution in [0.15, 0.2) is 18.2 Å². The molecule has 14 heavy (non-hydrogen) atoms. The summed E-state index contributed by atoms with van der Waals surface area (Å²) in [4.78, 5) is 0. The number of aliphatic hydroxyl groups is 1. The second-order valence-corrected chi connectivity index (χ2v) is 2.72. The molecule has 0 bridgehead atoms. The van der Waals surface area contributed by atoms with E-state index >= 15 is 0 Å².